The number of ether oxygens (including phenoxy) is 2. The molecule has 0 unspecified atom stereocenters. The minimum atomic E-state index is -0.379. The molecule has 140 valence electrons. The highest BCUT2D eigenvalue weighted by atomic mass is 19.1. The average Bonchev–Trinajstić information content (AvgIpc) is 3.15. The van der Waals surface area contributed by atoms with Crippen LogP contribution in [0.2, 0.25) is 0 Å². The monoisotopic (exact) mass is 369 g/mol. The van der Waals surface area contributed by atoms with Crippen LogP contribution in [0.25, 0.3) is 0 Å². The highest BCUT2D eigenvalue weighted by Gasteiger charge is 2.16. The smallest absolute Gasteiger partial charge is 0.287 e. The number of hydrogen-bond donors (Lipinski definition) is 1. The molecule has 0 spiro atoms. The molecule has 0 aliphatic heterocycles. The summed E-state index contributed by atoms with van der Waals surface area (Å²) in [5.74, 6) is 1.15. The van der Waals surface area contributed by atoms with Crippen molar-refractivity contribution in [2.45, 2.75) is 19.6 Å². The quantitative estimate of drug-likeness (QED) is 0.666. The Kier molecular flexibility index (Phi) is 5.76. The lowest BCUT2D eigenvalue weighted by Crippen LogP contribution is -2.26. The van der Waals surface area contributed by atoms with E-state index >= 15 is 0 Å². The van der Waals surface area contributed by atoms with Gasteiger partial charge in [0.2, 0.25) is 0 Å². The van der Waals surface area contributed by atoms with E-state index in [1.807, 2.05) is 12.1 Å². The zero-order valence-electron chi connectivity index (χ0n) is 15.1. The Hall–Kier alpha value is -3.28. The van der Waals surface area contributed by atoms with Crippen molar-refractivity contribution in [2.75, 3.05) is 7.11 Å². The van der Waals surface area contributed by atoms with Crippen molar-refractivity contribution >= 4 is 5.91 Å². The fraction of sp³-hybridized carbons (Fsp3) is 0.190. The predicted molar refractivity (Wildman–Crippen MR) is 98.3 cm³/mol. The van der Waals surface area contributed by atoms with Gasteiger partial charge in [-0.25, -0.2) is 4.39 Å². The number of carbonyl (C=O) groups is 1. The van der Waals surface area contributed by atoms with Gasteiger partial charge in [-0.2, -0.15) is 0 Å². The van der Waals surface area contributed by atoms with Crippen LogP contribution in [0, 0.1) is 5.82 Å². The van der Waals surface area contributed by atoms with Crippen molar-refractivity contribution in [1.29, 1.82) is 0 Å². The summed E-state index contributed by atoms with van der Waals surface area (Å²) in [6.45, 7) is 1.94. The summed E-state index contributed by atoms with van der Waals surface area (Å²) >= 11 is 0. The van der Waals surface area contributed by atoms with Gasteiger partial charge in [-0.3, -0.25) is 4.79 Å². The molecule has 5 nitrogen and oxygen atoms in total. The van der Waals surface area contributed by atoms with Crippen LogP contribution in [0.5, 0.6) is 11.5 Å². The molecule has 1 aromatic heterocycles. The van der Waals surface area contributed by atoms with Gasteiger partial charge in [-0.15, -0.1) is 0 Å². The molecule has 1 amide bonds. The predicted octanol–water partition coefficient (Wildman–Crippen LogP) is 4.50. The normalized spacial score (nSPS) is 11.7. The first kappa shape index (κ1) is 18.5. The Morgan fingerprint density at radius 2 is 1.89 bits per heavy atom. The number of benzene rings is 2. The molecule has 3 rings (SSSR count). The topological polar surface area (TPSA) is 60.7 Å². The first-order chi connectivity index (χ1) is 13.1. The van der Waals surface area contributed by atoms with Crippen molar-refractivity contribution in [2.24, 2.45) is 0 Å². The van der Waals surface area contributed by atoms with Gasteiger partial charge in [0, 0.05) is 0 Å². The Bertz CT molecular complexity index is 922. The molecule has 2 aromatic carbocycles. The molecule has 0 aliphatic rings. The molecule has 0 bridgehead atoms. The maximum absolute atomic E-state index is 13.3. The van der Waals surface area contributed by atoms with Crippen LogP contribution in [0.3, 0.4) is 0 Å². The summed E-state index contributed by atoms with van der Waals surface area (Å²) in [6.07, 6.45) is 0. The van der Waals surface area contributed by atoms with E-state index in [9.17, 15) is 9.18 Å². The van der Waals surface area contributed by atoms with Crippen molar-refractivity contribution in [1.82, 2.24) is 5.32 Å². The Morgan fingerprint density at radius 3 is 2.63 bits per heavy atom. The Labute approximate surface area is 156 Å². The van der Waals surface area contributed by atoms with Crippen LogP contribution in [0.15, 0.2) is 65.1 Å². The minimum Gasteiger partial charge on any atom is -0.493 e. The molecule has 0 saturated heterocycles. The number of rotatable bonds is 7. The van der Waals surface area contributed by atoms with E-state index in [0.717, 1.165) is 0 Å². The molecular formula is C21H20FNO4. The van der Waals surface area contributed by atoms with E-state index in [1.165, 1.54) is 12.1 Å². The zero-order chi connectivity index (χ0) is 19.2. The summed E-state index contributed by atoms with van der Waals surface area (Å²) in [5.41, 5.74) is 0.676. The lowest BCUT2D eigenvalue weighted by molar-refractivity contribution is 0.0907. The number of para-hydroxylation sites is 2. The van der Waals surface area contributed by atoms with E-state index in [0.29, 0.717) is 22.8 Å². The molecular weight excluding hydrogens is 349 g/mol. The number of nitrogens with one attached hydrogen (secondary N) is 1. The molecule has 0 saturated carbocycles. The first-order valence-electron chi connectivity index (χ1n) is 8.47. The SMILES string of the molecule is COc1ccccc1OCc1ccc(C(=O)N[C@@H](C)c2cccc(F)c2)o1. The van der Waals surface area contributed by atoms with Crippen molar-refractivity contribution < 1.29 is 23.1 Å². The number of carbonyl (C=O) groups excluding carboxylic acids is 1. The number of furan rings is 1. The average molecular weight is 369 g/mol. The van der Waals surface area contributed by atoms with Crippen LogP contribution in [-0.4, -0.2) is 13.0 Å². The lowest BCUT2D eigenvalue weighted by Gasteiger charge is -2.13. The summed E-state index contributed by atoms with van der Waals surface area (Å²) < 4.78 is 29.8. The number of halogens is 1. The summed E-state index contributed by atoms with van der Waals surface area (Å²) in [6, 6.07) is 16.3. The van der Waals surface area contributed by atoms with E-state index < -0.39 is 0 Å². The molecule has 27 heavy (non-hydrogen) atoms. The number of methoxy groups -OCH3 is 1. The third kappa shape index (κ3) is 4.67. The van der Waals surface area contributed by atoms with Crippen LogP contribution >= 0.6 is 0 Å². The number of amides is 1. The molecule has 0 radical (unpaired) electrons. The standard InChI is InChI=1S/C21H20FNO4/c1-14(15-6-5-7-16(22)12-15)23-21(24)20-11-10-17(27-20)13-26-19-9-4-3-8-18(19)25-2/h3-12,14H,13H2,1-2H3,(H,23,24)/t14-/m0/s1. The van der Waals surface area contributed by atoms with Gasteiger partial charge in [0.05, 0.1) is 13.2 Å². The highest BCUT2D eigenvalue weighted by Crippen LogP contribution is 2.27. The fourth-order valence-electron chi connectivity index (χ4n) is 2.59. The third-order valence-electron chi connectivity index (χ3n) is 4.02. The molecule has 1 N–H and O–H groups in total. The molecule has 6 heteroatoms. The molecule has 1 heterocycles. The second kappa shape index (κ2) is 8.40. The van der Waals surface area contributed by atoms with Crippen LogP contribution in [0.1, 0.15) is 34.8 Å². The van der Waals surface area contributed by atoms with E-state index in [4.69, 9.17) is 13.9 Å². The molecule has 3 aromatic rings. The van der Waals surface area contributed by atoms with E-state index in [1.54, 1.807) is 50.4 Å². The van der Waals surface area contributed by atoms with Crippen molar-refractivity contribution in [3.05, 3.63) is 83.6 Å². The number of hydrogen-bond acceptors (Lipinski definition) is 4. The van der Waals surface area contributed by atoms with E-state index in [-0.39, 0.29) is 30.1 Å². The van der Waals surface area contributed by atoms with Crippen LogP contribution in [0.4, 0.5) is 4.39 Å². The summed E-state index contributed by atoms with van der Waals surface area (Å²) in [4.78, 5) is 12.3. The van der Waals surface area contributed by atoms with Crippen molar-refractivity contribution in [3.8, 4) is 11.5 Å². The van der Waals surface area contributed by atoms with Gasteiger partial charge >= 0.3 is 0 Å². The van der Waals surface area contributed by atoms with Gasteiger partial charge in [0.15, 0.2) is 17.3 Å². The lowest BCUT2D eigenvalue weighted by atomic mass is 10.1. The summed E-state index contributed by atoms with van der Waals surface area (Å²) in [5, 5.41) is 2.78. The van der Waals surface area contributed by atoms with Crippen LogP contribution in [-0.2, 0) is 6.61 Å². The highest BCUT2D eigenvalue weighted by molar-refractivity contribution is 5.91. The summed E-state index contributed by atoms with van der Waals surface area (Å²) in [7, 11) is 1.57. The third-order valence-corrected chi connectivity index (χ3v) is 4.02. The van der Waals surface area contributed by atoms with Gasteiger partial charge in [0.25, 0.3) is 5.91 Å². The molecule has 0 aliphatic carbocycles. The molecule has 1 atom stereocenters. The fourth-order valence-corrected chi connectivity index (χ4v) is 2.59. The Morgan fingerprint density at radius 1 is 1.11 bits per heavy atom. The molecule has 0 fully saturated rings. The van der Waals surface area contributed by atoms with Gasteiger partial charge in [-0.05, 0) is 48.9 Å². The van der Waals surface area contributed by atoms with Gasteiger partial charge in [-0.1, -0.05) is 24.3 Å². The zero-order valence-corrected chi connectivity index (χ0v) is 15.1. The maximum Gasteiger partial charge on any atom is 0.287 e. The van der Waals surface area contributed by atoms with E-state index in [2.05, 4.69) is 5.32 Å². The first-order valence-corrected chi connectivity index (χ1v) is 8.47. The van der Waals surface area contributed by atoms with Crippen LogP contribution < -0.4 is 14.8 Å². The maximum atomic E-state index is 13.3. The van der Waals surface area contributed by atoms with Gasteiger partial charge in [0.1, 0.15) is 18.2 Å². The van der Waals surface area contributed by atoms with Gasteiger partial charge < -0.3 is 19.2 Å². The Balaban J connectivity index is 1.60. The second-order valence-corrected chi connectivity index (χ2v) is 5.96. The second-order valence-electron chi connectivity index (χ2n) is 5.96. The largest absolute Gasteiger partial charge is 0.493 e. The van der Waals surface area contributed by atoms with Crippen molar-refractivity contribution in [3.63, 3.8) is 0 Å². The minimum absolute atomic E-state index is 0.160.